The van der Waals surface area contributed by atoms with Gasteiger partial charge in [-0.05, 0) is 62.7 Å². The van der Waals surface area contributed by atoms with E-state index < -0.39 is 5.97 Å². The van der Waals surface area contributed by atoms with E-state index in [9.17, 15) is 15.0 Å². The molecule has 3 fully saturated rings. The van der Waals surface area contributed by atoms with Crippen molar-refractivity contribution in [3.8, 4) is 0 Å². The summed E-state index contributed by atoms with van der Waals surface area (Å²) < 4.78 is 0. The Balaban J connectivity index is 1.53. The van der Waals surface area contributed by atoms with E-state index in [0.29, 0.717) is 24.2 Å². The van der Waals surface area contributed by atoms with Crippen LogP contribution >= 0.6 is 0 Å². The SMILES string of the molecule is O=C(O)CCC/C=C1\CC2CC(O)C(/C=C/C(O)C3CCCC3)C2C1. The molecule has 0 aromatic heterocycles. The van der Waals surface area contributed by atoms with Gasteiger partial charge in [-0.2, -0.15) is 0 Å². The zero-order valence-electron chi connectivity index (χ0n) is 15.0. The highest BCUT2D eigenvalue weighted by Gasteiger charge is 2.45. The van der Waals surface area contributed by atoms with Crippen LogP contribution in [0.1, 0.15) is 64.2 Å². The number of aliphatic carboxylic acids is 1. The lowest BCUT2D eigenvalue weighted by atomic mass is 9.89. The number of carbonyl (C=O) groups is 1. The molecule has 0 amide bonds. The van der Waals surface area contributed by atoms with E-state index in [0.717, 1.165) is 38.5 Å². The number of carboxylic acid groups (broad SMARTS) is 1. The number of hydrogen-bond donors (Lipinski definition) is 3. The first-order valence-corrected chi connectivity index (χ1v) is 9.98. The lowest BCUT2D eigenvalue weighted by molar-refractivity contribution is -0.137. The lowest BCUT2D eigenvalue weighted by Crippen LogP contribution is -2.19. The van der Waals surface area contributed by atoms with E-state index in [2.05, 4.69) is 12.2 Å². The molecule has 3 N–H and O–H groups in total. The average Bonchev–Trinajstić information content (AvgIpc) is 3.26. The van der Waals surface area contributed by atoms with E-state index in [-0.39, 0.29) is 24.5 Å². The molecular weight excluding hydrogens is 316 g/mol. The van der Waals surface area contributed by atoms with Crippen LogP contribution in [0.4, 0.5) is 0 Å². The molecule has 140 valence electrons. The minimum atomic E-state index is -0.726. The Hall–Kier alpha value is -1.13. The summed E-state index contributed by atoms with van der Waals surface area (Å²) in [6.45, 7) is 0. The predicted octanol–water partition coefficient (Wildman–Crippen LogP) is 3.68. The molecule has 0 saturated heterocycles. The van der Waals surface area contributed by atoms with Crippen molar-refractivity contribution in [2.75, 3.05) is 0 Å². The predicted molar refractivity (Wildman–Crippen MR) is 97.0 cm³/mol. The highest BCUT2D eigenvalue weighted by Crippen LogP contribution is 2.50. The van der Waals surface area contributed by atoms with E-state index in [1.54, 1.807) is 0 Å². The number of aliphatic hydroxyl groups is 2. The highest BCUT2D eigenvalue weighted by molar-refractivity contribution is 5.66. The molecule has 0 aromatic carbocycles. The van der Waals surface area contributed by atoms with E-state index in [1.165, 1.54) is 18.4 Å². The summed E-state index contributed by atoms with van der Waals surface area (Å²) in [6.07, 6.45) is 15.0. The van der Waals surface area contributed by atoms with Crippen LogP contribution in [0.3, 0.4) is 0 Å². The van der Waals surface area contributed by atoms with Gasteiger partial charge in [-0.3, -0.25) is 4.79 Å². The van der Waals surface area contributed by atoms with Gasteiger partial charge in [-0.25, -0.2) is 0 Å². The van der Waals surface area contributed by atoms with Gasteiger partial charge in [0, 0.05) is 12.3 Å². The number of allylic oxidation sites excluding steroid dienone is 2. The topological polar surface area (TPSA) is 77.8 Å². The smallest absolute Gasteiger partial charge is 0.303 e. The van der Waals surface area contributed by atoms with Gasteiger partial charge in [0.1, 0.15) is 0 Å². The molecule has 0 spiro atoms. The second-order valence-electron chi connectivity index (χ2n) is 8.28. The van der Waals surface area contributed by atoms with Crippen molar-refractivity contribution >= 4 is 5.97 Å². The molecule has 3 rings (SSSR count). The Morgan fingerprint density at radius 1 is 1.24 bits per heavy atom. The maximum Gasteiger partial charge on any atom is 0.303 e. The molecule has 0 aromatic rings. The molecule has 3 aliphatic carbocycles. The second-order valence-corrected chi connectivity index (χ2v) is 8.28. The van der Waals surface area contributed by atoms with Crippen LogP contribution in [0.2, 0.25) is 0 Å². The fourth-order valence-corrected chi connectivity index (χ4v) is 5.20. The van der Waals surface area contributed by atoms with Gasteiger partial charge in [-0.15, -0.1) is 0 Å². The van der Waals surface area contributed by atoms with Crippen LogP contribution < -0.4 is 0 Å². The third-order valence-corrected chi connectivity index (χ3v) is 6.55. The van der Waals surface area contributed by atoms with Gasteiger partial charge in [-0.1, -0.05) is 36.6 Å². The van der Waals surface area contributed by atoms with Gasteiger partial charge in [0.15, 0.2) is 0 Å². The Morgan fingerprint density at radius 3 is 2.72 bits per heavy atom. The van der Waals surface area contributed by atoms with Crippen LogP contribution in [-0.4, -0.2) is 33.5 Å². The number of carboxylic acids is 1. The summed E-state index contributed by atoms with van der Waals surface area (Å²) in [6, 6.07) is 0. The summed E-state index contributed by atoms with van der Waals surface area (Å²) in [7, 11) is 0. The molecular formula is C21H32O4. The zero-order valence-corrected chi connectivity index (χ0v) is 15.0. The summed E-state index contributed by atoms with van der Waals surface area (Å²) in [4.78, 5) is 10.6. The Kier molecular flexibility index (Phi) is 6.34. The molecule has 5 unspecified atom stereocenters. The number of hydrogen-bond acceptors (Lipinski definition) is 3. The quantitative estimate of drug-likeness (QED) is 0.484. The van der Waals surface area contributed by atoms with Gasteiger partial charge in [0.25, 0.3) is 0 Å². The largest absolute Gasteiger partial charge is 0.481 e. The van der Waals surface area contributed by atoms with E-state index in [4.69, 9.17) is 5.11 Å². The molecule has 0 radical (unpaired) electrons. The third kappa shape index (κ3) is 4.73. The van der Waals surface area contributed by atoms with Gasteiger partial charge in [0.2, 0.25) is 0 Å². The second kappa shape index (κ2) is 8.50. The summed E-state index contributed by atoms with van der Waals surface area (Å²) in [5, 5.41) is 29.5. The number of rotatable bonds is 7. The van der Waals surface area contributed by atoms with E-state index in [1.807, 2.05) is 6.08 Å². The fourth-order valence-electron chi connectivity index (χ4n) is 5.20. The summed E-state index contributed by atoms with van der Waals surface area (Å²) in [5.41, 5.74) is 1.43. The first-order chi connectivity index (χ1) is 12.0. The summed E-state index contributed by atoms with van der Waals surface area (Å²) >= 11 is 0. The first kappa shape index (κ1) is 18.7. The minimum Gasteiger partial charge on any atom is -0.481 e. The van der Waals surface area contributed by atoms with Gasteiger partial charge >= 0.3 is 5.97 Å². The third-order valence-electron chi connectivity index (χ3n) is 6.55. The Bertz CT molecular complexity index is 518. The lowest BCUT2D eigenvalue weighted by Gasteiger charge is -2.19. The minimum absolute atomic E-state index is 0.158. The average molecular weight is 348 g/mol. The monoisotopic (exact) mass is 348 g/mol. The van der Waals surface area contributed by atoms with Crippen molar-refractivity contribution in [3.63, 3.8) is 0 Å². The number of aliphatic hydroxyl groups excluding tert-OH is 2. The van der Waals surface area contributed by atoms with E-state index >= 15 is 0 Å². The number of fused-ring (bicyclic) bond motifs is 1. The van der Waals surface area contributed by atoms with Gasteiger partial charge < -0.3 is 15.3 Å². The molecule has 5 atom stereocenters. The molecule has 0 heterocycles. The van der Waals surface area contributed by atoms with Crippen LogP contribution in [0.15, 0.2) is 23.8 Å². The standard InChI is InChI=1S/C21H32O4/c22-19(15-6-2-3-7-15)10-9-17-18-12-14(5-1-4-8-21(24)25)11-16(18)13-20(17)23/h5,9-10,15-20,22-23H,1-4,6-8,11-13H2,(H,24,25)/b10-9+,14-5+. The van der Waals surface area contributed by atoms with Crippen molar-refractivity contribution in [3.05, 3.63) is 23.8 Å². The molecule has 0 aliphatic heterocycles. The van der Waals surface area contributed by atoms with Crippen molar-refractivity contribution < 1.29 is 20.1 Å². The van der Waals surface area contributed by atoms with Crippen molar-refractivity contribution in [2.45, 2.75) is 76.4 Å². The molecule has 25 heavy (non-hydrogen) atoms. The molecule has 3 saturated carbocycles. The maximum absolute atomic E-state index is 10.6. The maximum atomic E-state index is 10.6. The fraction of sp³-hybridized carbons (Fsp3) is 0.762. The highest BCUT2D eigenvalue weighted by atomic mass is 16.4. The molecule has 0 bridgehead atoms. The Morgan fingerprint density at radius 2 is 2.00 bits per heavy atom. The first-order valence-electron chi connectivity index (χ1n) is 9.98. The van der Waals surface area contributed by atoms with Crippen LogP contribution in [-0.2, 0) is 4.79 Å². The molecule has 4 nitrogen and oxygen atoms in total. The van der Waals surface area contributed by atoms with Crippen molar-refractivity contribution in [1.29, 1.82) is 0 Å². The normalized spacial score (nSPS) is 35.7. The van der Waals surface area contributed by atoms with Crippen molar-refractivity contribution in [2.24, 2.45) is 23.7 Å². The van der Waals surface area contributed by atoms with Crippen molar-refractivity contribution in [1.82, 2.24) is 0 Å². The summed E-state index contributed by atoms with van der Waals surface area (Å²) in [5.74, 6) is 0.854. The van der Waals surface area contributed by atoms with Crippen LogP contribution in [0.5, 0.6) is 0 Å². The molecule has 3 aliphatic rings. The van der Waals surface area contributed by atoms with Crippen LogP contribution in [0, 0.1) is 23.7 Å². The van der Waals surface area contributed by atoms with Gasteiger partial charge in [0.05, 0.1) is 12.2 Å². The number of unbranched alkanes of at least 4 members (excludes halogenated alkanes) is 1. The zero-order chi connectivity index (χ0) is 17.8. The molecule has 4 heteroatoms. The Labute approximate surface area is 150 Å². The van der Waals surface area contributed by atoms with Crippen LogP contribution in [0.25, 0.3) is 0 Å².